The number of unbranched alkanes of at least 4 members (excludes halogenated alkanes) is 20. The largest absolute Gasteiger partial charge is 0.310 e. The summed E-state index contributed by atoms with van der Waals surface area (Å²) in [4.78, 5) is 0. The van der Waals surface area contributed by atoms with Crippen LogP contribution in [-0.2, 0) is 0 Å². The lowest BCUT2D eigenvalue weighted by Gasteiger charge is -2.22. The van der Waals surface area contributed by atoms with Gasteiger partial charge in [0.1, 0.15) is 0 Å². The molecule has 0 bridgehead atoms. The van der Waals surface area contributed by atoms with Crippen LogP contribution in [0.4, 0.5) is 0 Å². The summed E-state index contributed by atoms with van der Waals surface area (Å²) < 4.78 is 0. The molecular weight excluding hydrogens is 484 g/mol. The first-order valence-corrected chi connectivity index (χ1v) is 18.3. The molecule has 40 heavy (non-hydrogen) atoms. The van der Waals surface area contributed by atoms with Crippen molar-refractivity contribution >= 4 is 0 Å². The third-order valence-corrected chi connectivity index (χ3v) is 8.83. The topological polar surface area (TPSA) is 24.1 Å². The zero-order chi connectivity index (χ0) is 28.9. The van der Waals surface area contributed by atoms with Crippen molar-refractivity contribution in [3.63, 3.8) is 0 Å². The Morgan fingerprint density at radius 1 is 0.375 bits per heavy atom. The van der Waals surface area contributed by atoms with E-state index in [9.17, 15) is 0 Å². The molecule has 0 saturated carbocycles. The van der Waals surface area contributed by atoms with Gasteiger partial charge in [0.05, 0.1) is 0 Å². The third kappa shape index (κ3) is 20.1. The van der Waals surface area contributed by atoms with Gasteiger partial charge in [-0.2, -0.15) is 0 Å². The Hall–Kier alpha value is -0.860. The van der Waals surface area contributed by atoms with Crippen molar-refractivity contribution in [2.24, 2.45) is 0 Å². The number of benzene rings is 1. The van der Waals surface area contributed by atoms with E-state index in [4.69, 9.17) is 0 Å². The van der Waals surface area contributed by atoms with Crippen LogP contribution in [0.15, 0.2) is 24.3 Å². The van der Waals surface area contributed by atoms with E-state index in [1.165, 1.54) is 165 Å². The maximum absolute atomic E-state index is 3.77. The molecule has 0 aromatic heterocycles. The molecule has 0 spiro atoms. The molecule has 0 fully saturated rings. The Labute approximate surface area is 252 Å². The van der Waals surface area contributed by atoms with Crippen LogP contribution in [0, 0.1) is 0 Å². The van der Waals surface area contributed by atoms with Crippen LogP contribution in [0.25, 0.3) is 0 Å². The Balaban J connectivity index is 2.29. The zero-order valence-electron chi connectivity index (χ0n) is 27.8. The van der Waals surface area contributed by atoms with Crippen molar-refractivity contribution in [1.82, 2.24) is 10.6 Å². The molecule has 0 aliphatic carbocycles. The van der Waals surface area contributed by atoms with E-state index in [2.05, 4.69) is 62.6 Å². The minimum Gasteiger partial charge on any atom is -0.310 e. The first-order chi connectivity index (χ1) is 19.8. The molecule has 1 aromatic carbocycles. The van der Waals surface area contributed by atoms with Crippen LogP contribution in [0.5, 0.6) is 0 Å². The summed E-state index contributed by atoms with van der Waals surface area (Å²) in [6.45, 7) is 11.2. The van der Waals surface area contributed by atoms with Gasteiger partial charge in [-0.1, -0.05) is 193 Å². The number of hydrogen-bond donors (Lipinski definition) is 2. The monoisotopic (exact) mass is 557 g/mol. The van der Waals surface area contributed by atoms with Gasteiger partial charge < -0.3 is 10.6 Å². The number of rotatable bonds is 30. The van der Waals surface area contributed by atoms with E-state index in [0.29, 0.717) is 12.1 Å². The average molecular weight is 557 g/mol. The van der Waals surface area contributed by atoms with Gasteiger partial charge in [-0.25, -0.2) is 0 Å². The van der Waals surface area contributed by atoms with Gasteiger partial charge in [0.2, 0.25) is 0 Å². The summed E-state index contributed by atoms with van der Waals surface area (Å²) >= 11 is 0. The smallest absolute Gasteiger partial charge is 0.0320 e. The molecule has 0 radical (unpaired) electrons. The summed E-state index contributed by atoms with van der Waals surface area (Å²) in [6, 6.07) is 10.6. The molecule has 2 nitrogen and oxygen atoms in total. The molecule has 0 amide bonds. The second-order valence-corrected chi connectivity index (χ2v) is 12.5. The first kappa shape index (κ1) is 37.2. The highest BCUT2D eigenvalue weighted by Gasteiger charge is 2.13. The summed E-state index contributed by atoms with van der Waals surface area (Å²) in [5.41, 5.74) is 2.95. The fraction of sp³-hybridized carbons (Fsp3) is 0.842. The molecule has 2 atom stereocenters. The van der Waals surface area contributed by atoms with Gasteiger partial charge in [-0.3, -0.25) is 0 Å². The lowest BCUT2D eigenvalue weighted by molar-refractivity contribution is 0.468. The van der Waals surface area contributed by atoms with Crippen molar-refractivity contribution in [3.8, 4) is 0 Å². The van der Waals surface area contributed by atoms with E-state index in [0.717, 1.165) is 13.1 Å². The molecule has 0 aliphatic rings. The summed E-state index contributed by atoms with van der Waals surface area (Å²) in [7, 11) is 0. The quantitative estimate of drug-likeness (QED) is 0.0921. The Morgan fingerprint density at radius 3 is 0.875 bits per heavy atom. The van der Waals surface area contributed by atoms with Crippen LogP contribution in [0.2, 0.25) is 0 Å². The molecule has 234 valence electrons. The molecule has 0 aliphatic heterocycles. The third-order valence-electron chi connectivity index (χ3n) is 8.83. The summed E-state index contributed by atoms with van der Waals surface area (Å²) in [5.74, 6) is 0. The van der Waals surface area contributed by atoms with E-state index in [1.54, 1.807) is 0 Å². The van der Waals surface area contributed by atoms with Gasteiger partial charge in [0, 0.05) is 12.1 Å². The van der Waals surface area contributed by atoms with Crippen molar-refractivity contribution in [2.45, 2.75) is 194 Å². The second-order valence-electron chi connectivity index (χ2n) is 12.5. The minimum absolute atomic E-state index is 0.502. The van der Waals surface area contributed by atoms with Gasteiger partial charge in [0.15, 0.2) is 0 Å². The Bertz CT molecular complexity index is 570. The van der Waals surface area contributed by atoms with E-state index in [-0.39, 0.29) is 0 Å². The van der Waals surface area contributed by atoms with Crippen LogP contribution in [0.1, 0.15) is 205 Å². The molecular formula is C38H72N2. The predicted octanol–water partition coefficient (Wildman–Crippen LogP) is 12.4. The lowest BCUT2D eigenvalue weighted by Crippen LogP contribution is -2.22. The van der Waals surface area contributed by atoms with Crippen LogP contribution in [0.3, 0.4) is 0 Å². The number of nitrogens with one attached hydrogen (secondary N) is 2. The van der Waals surface area contributed by atoms with Crippen LogP contribution >= 0.6 is 0 Å². The van der Waals surface area contributed by atoms with E-state index >= 15 is 0 Å². The molecule has 1 aromatic rings. The van der Waals surface area contributed by atoms with Gasteiger partial charge >= 0.3 is 0 Å². The lowest BCUT2D eigenvalue weighted by atomic mass is 9.95. The maximum atomic E-state index is 3.77. The number of hydrogen-bond acceptors (Lipinski definition) is 2. The van der Waals surface area contributed by atoms with Crippen molar-refractivity contribution in [1.29, 1.82) is 0 Å². The fourth-order valence-electron chi connectivity index (χ4n) is 6.25. The molecule has 2 N–H and O–H groups in total. The van der Waals surface area contributed by atoms with Crippen LogP contribution in [-0.4, -0.2) is 13.1 Å². The van der Waals surface area contributed by atoms with E-state index < -0.39 is 0 Å². The van der Waals surface area contributed by atoms with Crippen molar-refractivity contribution in [2.75, 3.05) is 13.1 Å². The zero-order valence-corrected chi connectivity index (χ0v) is 27.8. The first-order valence-electron chi connectivity index (χ1n) is 18.3. The average Bonchev–Trinajstić information content (AvgIpc) is 2.97. The molecule has 2 unspecified atom stereocenters. The highest BCUT2D eigenvalue weighted by molar-refractivity contribution is 5.27. The van der Waals surface area contributed by atoms with Gasteiger partial charge in [-0.05, 0) is 37.1 Å². The second kappa shape index (κ2) is 28.3. The molecule has 0 heterocycles. The maximum Gasteiger partial charge on any atom is 0.0320 e. The summed E-state index contributed by atoms with van der Waals surface area (Å²) in [5, 5.41) is 7.54. The van der Waals surface area contributed by atoms with Crippen molar-refractivity contribution < 1.29 is 0 Å². The van der Waals surface area contributed by atoms with E-state index in [1.807, 2.05) is 0 Å². The highest BCUT2D eigenvalue weighted by Crippen LogP contribution is 2.25. The minimum atomic E-state index is 0.502. The fourth-order valence-corrected chi connectivity index (χ4v) is 6.25. The van der Waals surface area contributed by atoms with Gasteiger partial charge in [-0.15, -0.1) is 0 Å². The molecule has 2 heteroatoms. The molecule has 1 rings (SSSR count). The Morgan fingerprint density at radius 2 is 0.625 bits per heavy atom. The SMILES string of the molecule is CCCCCCCCCCCCCC(NCC)c1ccc(C(CCCCCCCCCCCCC)NCC)cc1. The summed E-state index contributed by atoms with van der Waals surface area (Å²) in [6.07, 6.45) is 33.7. The predicted molar refractivity (Wildman–Crippen MR) is 181 cm³/mol. The molecule has 0 saturated heterocycles. The van der Waals surface area contributed by atoms with Crippen LogP contribution < -0.4 is 10.6 Å². The normalized spacial score (nSPS) is 13.1. The Kier molecular flexibility index (Phi) is 26.3. The van der Waals surface area contributed by atoms with Crippen molar-refractivity contribution in [3.05, 3.63) is 35.4 Å². The highest BCUT2D eigenvalue weighted by atomic mass is 14.9. The standard InChI is InChI=1S/C38H72N2/c1-5-9-11-13-15-17-19-21-23-25-27-29-37(39-7-3)35-31-33-36(34-32-35)38(40-8-4)30-28-26-24-22-20-18-16-14-12-10-6-2/h31-34,37-40H,5-30H2,1-4H3. The van der Waals surface area contributed by atoms with Gasteiger partial charge in [0.25, 0.3) is 0 Å².